The molecule has 17 heavy (non-hydrogen) atoms. The molecule has 0 heterocycles. The van der Waals surface area contributed by atoms with Crippen LogP contribution in [0.4, 0.5) is 0 Å². The molecular weight excluding hydrogens is 278 g/mol. The molecule has 0 radical (unpaired) electrons. The van der Waals surface area contributed by atoms with Gasteiger partial charge in [0, 0.05) is 24.6 Å². The first-order valence-corrected chi connectivity index (χ1v) is 6.60. The van der Waals surface area contributed by atoms with Crippen LogP contribution in [0.25, 0.3) is 0 Å². The molecule has 0 aliphatic carbocycles. The minimum absolute atomic E-state index is 0.612. The summed E-state index contributed by atoms with van der Waals surface area (Å²) in [6.07, 6.45) is 0. The molecular formula is C13H20BrN3. The van der Waals surface area contributed by atoms with Crippen molar-refractivity contribution in [3.63, 3.8) is 0 Å². The predicted molar refractivity (Wildman–Crippen MR) is 77.2 cm³/mol. The molecule has 94 valence electrons. The first-order chi connectivity index (χ1) is 8.11. The molecule has 3 nitrogen and oxygen atoms in total. The average Bonchev–Trinajstić information content (AvgIpc) is 2.31. The molecule has 2 N–H and O–H groups in total. The highest BCUT2D eigenvalue weighted by atomic mass is 79.9. The van der Waals surface area contributed by atoms with Crippen molar-refractivity contribution in [3.8, 4) is 0 Å². The average molecular weight is 298 g/mol. The van der Waals surface area contributed by atoms with Gasteiger partial charge in [0.1, 0.15) is 0 Å². The summed E-state index contributed by atoms with van der Waals surface area (Å²) < 4.78 is 1.10. The van der Waals surface area contributed by atoms with Gasteiger partial charge < -0.3 is 10.6 Å². The van der Waals surface area contributed by atoms with Gasteiger partial charge in [0.2, 0.25) is 0 Å². The third-order valence-electron chi connectivity index (χ3n) is 2.27. The van der Waals surface area contributed by atoms with Crippen LogP contribution in [0.15, 0.2) is 33.7 Å². The lowest BCUT2D eigenvalue weighted by Gasteiger charge is -2.13. The zero-order valence-electron chi connectivity index (χ0n) is 10.6. The third kappa shape index (κ3) is 5.73. The Hall–Kier alpha value is -1.03. The molecule has 1 aromatic rings. The van der Waals surface area contributed by atoms with E-state index in [1.807, 2.05) is 12.1 Å². The second-order valence-electron chi connectivity index (χ2n) is 4.33. The second-order valence-corrected chi connectivity index (χ2v) is 5.24. The lowest BCUT2D eigenvalue weighted by molar-refractivity contribution is 0.614. The normalized spacial score (nSPS) is 11.7. The SMILES string of the molecule is CN=C(NCc1ccc(Br)cc1)NCC(C)C. The first-order valence-electron chi connectivity index (χ1n) is 5.80. The van der Waals surface area contributed by atoms with E-state index in [1.165, 1.54) is 5.56 Å². The lowest BCUT2D eigenvalue weighted by atomic mass is 10.2. The van der Waals surface area contributed by atoms with Crippen molar-refractivity contribution < 1.29 is 0 Å². The highest BCUT2D eigenvalue weighted by Crippen LogP contribution is 2.10. The van der Waals surface area contributed by atoms with Crippen LogP contribution in [0.1, 0.15) is 19.4 Å². The van der Waals surface area contributed by atoms with E-state index in [-0.39, 0.29) is 0 Å². The molecule has 0 aromatic heterocycles. The smallest absolute Gasteiger partial charge is 0.191 e. The molecule has 1 rings (SSSR count). The van der Waals surface area contributed by atoms with Gasteiger partial charge in [-0.2, -0.15) is 0 Å². The van der Waals surface area contributed by atoms with Crippen LogP contribution < -0.4 is 10.6 Å². The van der Waals surface area contributed by atoms with Gasteiger partial charge in [0.05, 0.1) is 0 Å². The zero-order valence-corrected chi connectivity index (χ0v) is 12.2. The van der Waals surface area contributed by atoms with Crippen molar-refractivity contribution in [2.45, 2.75) is 20.4 Å². The Morgan fingerprint density at radius 3 is 2.41 bits per heavy atom. The van der Waals surface area contributed by atoms with Crippen molar-refractivity contribution in [1.82, 2.24) is 10.6 Å². The maximum absolute atomic E-state index is 4.18. The quantitative estimate of drug-likeness (QED) is 0.662. The Labute approximate surface area is 112 Å². The van der Waals surface area contributed by atoms with E-state index in [4.69, 9.17) is 0 Å². The summed E-state index contributed by atoms with van der Waals surface area (Å²) >= 11 is 3.42. The van der Waals surface area contributed by atoms with E-state index in [9.17, 15) is 0 Å². The maximum Gasteiger partial charge on any atom is 0.191 e. The molecule has 0 fully saturated rings. The Morgan fingerprint density at radius 1 is 1.24 bits per heavy atom. The molecule has 0 saturated carbocycles. The number of halogens is 1. The Bertz CT molecular complexity index is 357. The van der Waals surface area contributed by atoms with E-state index in [1.54, 1.807) is 7.05 Å². The Balaban J connectivity index is 2.40. The van der Waals surface area contributed by atoms with Crippen molar-refractivity contribution in [1.29, 1.82) is 0 Å². The van der Waals surface area contributed by atoms with E-state index < -0.39 is 0 Å². The fraction of sp³-hybridized carbons (Fsp3) is 0.462. The molecule has 0 atom stereocenters. The van der Waals surface area contributed by atoms with Gasteiger partial charge in [-0.3, -0.25) is 4.99 Å². The molecule has 0 aliphatic heterocycles. The topological polar surface area (TPSA) is 36.4 Å². The van der Waals surface area contributed by atoms with Gasteiger partial charge in [-0.25, -0.2) is 0 Å². The van der Waals surface area contributed by atoms with Gasteiger partial charge in [0.15, 0.2) is 5.96 Å². The Morgan fingerprint density at radius 2 is 1.88 bits per heavy atom. The van der Waals surface area contributed by atoms with Crippen molar-refractivity contribution in [2.75, 3.05) is 13.6 Å². The van der Waals surface area contributed by atoms with Crippen LogP contribution >= 0.6 is 15.9 Å². The third-order valence-corrected chi connectivity index (χ3v) is 2.80. The van der Waals surface area contributed by atoms with Crippen molar-refractivity contribution in [3.05, 3.63) is 34.3 Å². The summed E-state index contributed by atoms with van der Waals surface area (Å²) in [4.78, 5) is 4.18. The molecule has 1 aromatic carbocycles. The largest absolute Gasteiger partial charge is 0.356 e. The number of hydrogen-bond donors (Lipinski definition) is 2. The van der Waals surface area contributed by atoms with Gasteiger partial charge in [-0.15, -0.1) is 0 Å². The molecule has 0 saturated heterocycles. The van der Waals surface area contributed by atoms with Gasteiger partial charge in [-0.05, 0) is 23.6 Å². The van der Waals surface area contributed by atoms with E-state index >= 15 is 0 Å². The fourth-order valence-electron chi connectivity index (χ4n) is 1.31. The number of nitrogens with zero attached hydrogens (tertiary/aromatic N) is 1. The predicted octanol–water partition coefficient (Wildman–Crippen LogP) is 2.77. The van der Waals surface area contributed by atoms with Crippen LogP contribution in [-0.4, -0.2) is 19.6 Å². The van der Waals surface area contributed by atoms with Crippen molar-refractivity contribution in [2.24, 2.45) is 10.9 Å². The highest BCUT2D eigenvalue weighted by Gasteiger charge is 1.99. The van der Waals surface area contributed by atoms with E-state index in [0.29, 0.717) is 5.92 Å². The molecule has 0 spiro atoms. The van der Waals surface area contributed by atoms with Gasteiger partial charge >= 0.3 is 0 Å². The second kappa shape index (κ2) is 7.33. The number of rotatable bonds is 4. The lowest BCUT2D eigenvalue weighted by Crippen LogP contribution is -2.38. The van der Waals surface area contributed by atoms with Crippen LogP contribution in [-0.2, 0) is 6.54 Å². The van der Waals surface area contributed by atoms with Crippen LogP contribution in [0.2, 0.25) is 0 Å². The van der Waals surface area contributed by atoms with Crippen molar-refractivity contribution >= 4 is 21.9 Å². The minimum Gasteiger partial charge on any atom is -0.356 e. The summed E-state index contributed by atoms with van der Waals surface area (Å²) in [6, 6.07) is 8.27. The molecule has 4 heteroatoms. The van der Waals surface area contributed by atoms with Crippen LogP contribution in [0, 0.1) is 5.92 Å². The van der Waals surface area contributed by atoms with E-state index in [0.717, 1.165) is 23.5 Å². The highest BCUT2D eigenvalue weighted by molar-refractivity contribution is 9.10. The standard InChI is InChI=1S/C13H20BrN3/c1-10(2)8-16-13(15-3)17-9-11-4-6-12(14)7-5-11/h4-7,10H,8-9H2,1-3H3,(H2,15,16,17). The summed E-state index contributed by atoms with van der Waals surface area (Å²) in [6.45, 7) is 6.06. The fourth-order valence-corrected chi connectivity index (χ4v) is 1.57. The Kier molecular flexibility index (Phi) is 6.05. The monoisotopic (exact) mass is 297 g/mol. The van der Waals surface area contributed by atoms with E-state index in [2.05, 4.69) is 57.5 Å². The maximum atomic E-state index is 4.18. The summed E-state index contributed by atoms with van der Waals surface area (Å²) in [5.74, 6) is 1.46. The molecule has 0 bridgehead atoms. The number of hydrogen-bond acceptors (Lipinski definition) is 1. The summed E-state index contributed by atoms with van der Waals surface area (Å²) in [7, 11) is 1.79. The zero-order chi connectivity index (χ0) is 12.7. The number of nitrogens with one attached hydrogen (secondary N) is 2. The van der Waals surface area contributed by atoms with Gasteiger partial charge in [-0.1, -0.05) is 41.9 Å². The van der Waals surface area contributed by atoms with Gasteiger partial charge in [0.25, 0.3) is 0 Å². The molecule has 0 unspecified atom stereocenters. The van der Waals surface area contributed by atoms with Crippen LogP contribution in [0.5, 0.6) is 0 Å². The molecule has 0 amide bonds. The minimum atomic E-state index is 0.612. The first kappa shape index (κ1) is 14.0. The number of aliphatic imine (C=N–C) groups is 1. The van der Waals surface area contributed by atoms with Crippen LogP contribution in [0.3, 0.4) is 0 Å². The number of guanidine groups is 1. The summed E-state index contributed by atoms with van der Waals surface area (Å²) in [5.41, 5.74) is 1.24. The number of benzene rings is 1. The molecule has 0 aliphatic rings. The summed E-state index contributed by atoms with van der Waals surface area (Å²) in [5, 5.41) is 6.56.